The number of benzene rings is 4. The maximum Gasteiger partial charge on any atom is 0.290 e. The van der Waals surface area contributed by atoms with E-state index >= 15 is 0 Å². The summed E-state index contributed by atoms with van der Waals surface area (Å²) < 4.78 is 0. The van der Waals surface area contributed by atoms with Crippen LogP contribution in [0.4, 0.5) is 5.69 Å². The average Bonchev–Trinajstić information content (AvgIpc) is 2.96. The zero-order valence-electron chi connectivity index (χ0n) is 22.1. The van der Waals surface area contributed by atoms with Crippen LogP contribution in [0.25, 0.3) is 0 Å². The van der Waals surface area contributed by atoms with E-state index in [0.717, 1.165) is 11.1 Å². The second-order valence-corrected chi connectivity index (χ2v) is 9.09. The number of amidine groups is 1. The molecule has 0 aliphatic heterocycles. The first-order chi connectivity index (χ1) is 19.3. The molecule has 4 aromatic carbocycles. The summed E-state index contributed by atoms with van der Waals surface area (Å²) in [5, 5.41) is 20.4. The van der Waals surface area contributed by atoms with Gasteiger partial charge in [0.05, 0.1) is 6.04 Å². The number of carbonyl (C=O) groups is 3. The molecule has 2 amide bonds. The van der Waals surface area contributed by atoms with Crippen LogP contribution in [0.2, 0.25) is 0 Å². The minimum atomic E-state index is -1.06. The molecule has 0 heterocycles. The van der Waals surface area contributed by atoms with Gasteiger partial charge in [0.2, 0.25) is 11.8 Å². The Morgan fingerprint density at radius 1 is 0.825 bits per heavy atom. The molecule has 4 rings (SSSR count). The third-order valence-electron chi connectivity index (χ3n) is 6.20. The van der Waals surface area contributed by atoms with Crippen molar-refractivity contribution in [2.75, 3.05) is 5.32 Å². The Labute approximate surface area is 233 Å². The summed E-state index contributed by atoms with van der Waals surface area (Å²) in [5.74, 6) is -1.94. The molecule has 8 heteroatoms. The number of hydrogen-bond donors (Lipinski definition) is 5. The first-order valence-electron chi connectivity index (χ1n) is 12.6. The molecule has 4 aromatic rings. The monoisotopic (exact) mass is 536 g/mol. The lowest BCUT2D eigenvalue weighted by molar-refractivity contribution is -0.129. The molecule has 0 spiro atoms. The molecule has 0 bridgehead atoms. The van der Waals surface area contributed by atoms with Crippen LogP contribution in [-0.2, 0) is 20.8 Å². The summed E-state index contributed by atoms with van der Waals surface area (Å²) in [7, 11) is 0. The fraction of sp³-hybridized carbons (Fsp3) is 0.125. The second-order valence-electron chi connectivity index (χ2n) is 9.09. The van der Waals surface area contributed by atoms with Crippen molar-refractivity contribution in [1.82, 2.24) is 5.32 Å². The van der Waals surface area contributed by atoms with Gasteiger partial charge >= 0.3 is 0 Å². The molecule has 204 valence electrons. The number of aryl methyl sites for hydroxylation is 1. The van der Waals surface area contributed by atoms with E-state index in [0.29, 0.717) is 23.2 Å². The summed E-state index contributed by atoms with van der Waals surface area (Å²) in [4.78, 5) is 35.5. The number of anilines is 1. The zero-order valence-corrected chi connectivity index (χ0v) is 22.1. The van der Waals surface area contributed by atoms with Gasteiger partial charge in [-0.05, 0) is 54.3 Å². The predicted molar refractivity (Wildman–Crippen MR) is 156 cm³/mol. The Hall–Kier alpha value is -5.24. The number of rotatable bonds is 9. The molecule has 0 aliphatic carbocycles. The van der Waals surface area contributed by atoms with E-state index in [-0.39, 0.29) is 24.3 Å². The molecule has 0 saturated heterocycles. The summed E-state index contributed by atoms with van der Waals surface area (Å²) in [5.41, 5.74) is 10.4. The molecule has 0 aliphatic rings. The SMILES string of the molecule is Cc1ccc(CC(NC(=O)C(C(=O)Nc2ccc(C(=N)N)cc2)c2ccccc2)c2ccccc2)cc1.O=CO. The number of nitrogens with two attached hydrogens (primary N) is 1. The predicted octanol–water partition coefficient (Wildman–Crippen LogP) is 4.80. The van der Waals surface area contributed by atoms with Crippen LogP contribution >= 0.6 is 0 Å². The van der Waals surface area contributed by atoms with Crippen molar-refractivity contribution in [1.29, 1.82) is 5.41 Å². The lowest BCUT2D eigenvalue weighted by Gasteiger charge is -2.23. The van der Waals surface area contributed by atoms with Gasteiger partial charge in [0.25, 0.3) is 6.47 Å². The van der Waals surface area contributed by atoms with Crippen LogP contribution in [0.1, 0.15) is 39.8 Å². The van der Waals surface area contributed by atoms with Gasteiger partial charge in [-0.15, -0.1) is 0 Å². The third-order valence-corrected chi connectivity index (χ3v) is 6.20. The number of carbonyl (C=O) groups excluding carboxylic acids is 2. The Morgan fingerprint density at radius 3 is 1.88 bits per heavy atom. The summed E-state index contributed by atoms with van der Waals surface area (Å²) in [6.07, 6.45) is 0.589. The van der Waals surface area contributed by atoms with Crippen LogP contribution in [0.15, 0.2) is 109 Å². The number of carboxylic acid groups (broad SMARTS) is 1. The van der Waals surface area contributed by atoms with Gasteiger partial charge in [-0.3, -0.25) is 19.8 Å². The lowest BCUT2D eigenvalue weighted by atomic mass is 9.94. The Balaban J connectivity index is 0.00000141. The highest BCUT2D eigenvalue weighted by molar-refractivity contribution is 6.11. The van der Waals surface area contributed by atoms with Crippen LogP contribution in [-0.4, -0.2) is 29.2 Å². The van der Waals surface area contributed by atoms with Crippen LogP contribution in [0.5, 0.6) is 0 Å². The van der Waals surface area contributed by atoms with Gasteiger partial charge in [0, 0.05) is 11.3 Å². The van der Waals surface area contributed by atoms with Crippen molar-refractivity contribution in [3.63, 3.8) is 0 Å². The van der Waals surface area contributed by atoms with E-state index in [1.54, 1.807) is 36.4 Å². The maximum atomic E-state index is 13.7. The Morgan fingerprint density at radius 2 is 1.35 bits per heavy atom. The first-order valence-corrected chi connectivity index (χ1v) is 12.6. The maximum absolute atomic E-state index is 13.7. The molecule has 8 nitrogen and oxygen atoms in total. The van der Waals surface area contributed by atoms with Crippen molar-refractivity contribution < 1.29 is 19.5 Å². The van der Waals surface area contributed by atoms with Gasteiger partial charge in [-0.2, -0.15) is 0 Å². The summed E-state index contributed by atoms with van der Waals surface area (Å²) in [6, 6.07) is 33.4. The first kappa shape index (κ1) is 29.3. The van der Waals surface area contributed by atoms with E-state index in [9.17, 15) is 9.59 Å². The zero-order chi connectivity index (χ0) is 28.9. The van der Waals surface area contributed by atoms with Gasteiger partial charge in [0.15, 0.2) is 0 Å². The topological polar surface area (TPSA) is 145 Å². The number of nitrogen functional groups attached to an aromatic ring is 1. The standard InChI is InChI=1S/C31H30N4O2.CH2O2/c1-21-12-14-22(15-13-21)20-27(23-8-4-2-5-9-23)35-31(37)28(24-10-6-3-7-11-24)30(36)34-26-18-16-25(17-19-26)29(32)33;2-1-3/h2-19,27-28H,20H2,1H3,(H3,32,33)(H,34,36)(H,35,37);1H,(H,2,3). The van der Waals surface area contributed by atoms with E-state index in [2.05, 4.69) is 34.9 Å². The second kappa shape index (κ2) is 14.6. The van der Waals surface area contributed by atoms with Gasteiger partial charge < -0.3 is 21.5 Å². The molecular formula is C32H32N4O4. The van der Waals surface area contributed by atoms with Crippen molar-refractivity contribution in [3.05, 3.63) is 137 Å². The fourth-order valence-corrected chi connectivity index (χ4v) is 4.17. The van der Waals surface area contributed by atoms with Crippen LogP contribution < -0.4 is 16.4 Å². The van der Waals surface area contributed by atoms with Crippen molar-refractivity contribution in [2.45, 2.75) is 25.3 Å². The minimum absolute atomic E-state index is 0.0556. The van der Waals surface area contributed by atoms with Gasteiger partial charge in [-0.1, -0.05) is 90.5 Å². The largest absolute Gasteiger partial charge is 0.483 e. The van der Waals surface area contributed by atoms with Crippen LogP contribution in [0, 0.1) is 12.3 Å². The van der Waals surface area contributed by atoms with E-state index in [1.165, 1.54) is 5.56 Å². The Bertz CT molecular complexity index is 1410. The molecular weight excluding hydrogens is 504 g/mol. The van der Waals surface area contributed by atoms with Crippen LogP contribution in [0.3, 0.4) is 0 Å². The lowest BCUT2D eigenvalue weighted by Crippen LogP contribution is -2.39. The quantitative estimate of drug-likeness (QED) is 0.0903. The fourth-order valence-electron chi connectivity index (χ4n) is 4.17. The Kier molecular flexibility index (Phi) is 10.7. The minimum Gasteiger partial charge on any atom is -0.483 e. The van der Waals surface area contributed by atoms with Crippen molar-refractivity contribution >= 4 is 29.8 Å². The molecule has 40 heavy (non-hydrogen) atoms. The highest BCUT2D eigenvalue weighted by Crippen LogP contribution is 2.24. The average molecular weight is 537 g/mol. The highest BCUT2D eigenvalue weighted by Gasteiger charge is 2.30. The normalized spacial score (nSPS) is 11.6. The molecule has 0 aromatic heterocycles. The highest BCUT2D eigenvalue weighted by atomic mass is 16.3. The van der Waals surface area contributed by atoms with Crippen molar-refractivity contribution in [2.24, 2.45) is 5.73 Å². The van der Waals surface area contributed by atoms with Crippen molar-refractivity contribution in [3.8, 4) is 0 Å². The molecule has 2 atom stereocenters. The van der Waals surface area contributed by atoms with Gasteiger partial charge in [0.1, 0.15) is 11.8 Å². The van der Waals surface area contributed by atoms with E-state index in [4.69, 9.17) is 21.0 Å². The summed E-state index contributed by atoms with van der Waals surface area (Å²) >= 11 is 0. The molecule has 0 fully saturated rings. The van der Waals surface area contributed by atoms with Gasteiger partial charge in [-0.25, -0.2) is 0 Å². The number of amides is 2. The third kappa shape index (κ3) is 8.39. The molecule has 0 radical (unpaired) electrons. The number of hydrogen-bond acceptors (Lipinski definition) is 4. The smallest absolute Gasteiger partial charge is 0.290 e. The van der Waals surface area contributed by atoms with E-state index in [1.807, 2.05) is 55.5 Å². The molecule has 2 unspecified atom stereocenters. The summed E-state index contributed by atoms with van der Waals surface area (Å²) in [6.45, 7) is 1.79. The molecule has 6 N–H and O–H groups in total. The van der Waals surface area contributed by atoms with E-state index < -0.39 is 11.8 Å². The molecule has 0 saturated carbocycles. The number of nitrogens with one attached hydrogen (secondary N) is 3.